The number of rotatable bonds is 3. The van der Waals surface area contributed by atoms with Crippen LogP contribution in [0, 0.1) is 0 Å². The summed E-state index contributed by atoms with van der Waals surface area (Å²) in [4.78, 5) is 21.8. The number of nitrogen functional groups attached to an aromatic ring is 1. The van der Waals surface area contributed by atoms with Gasteiger partial charge >= 0.3 is 0 Å². The van der Waals surface area contributed by atoms with Crippen molar-refractivity contribution < 1.29 is 9.53 Å². The van der Waals surface area contributed by atoms with Crippen LogP contribution in [0.25, 0.3) is 11.0 Å². The van der Waals surface area contributed by atoms with Gasteiger partial charge in [0, 0.05) is 13.0 Å². The van der Waals surface area contributed by atoms with Crippen molar-refractivity contribution in [2.75, 3.05) is 18.8 Å². The monoisotopic (exact) mass is 330 g/mol. The van der Waals surface area contributed by atoms with E-state index in [9.17, 15) is 4.79 Å². The van der Waals surface area contributed by atoms with Crippen LogP contribution in [0.5, 0.6) is 5.88 Å². The Labute approximate surface area is 140 Å². The van der Waals surface area contributed by atoms with Gasteiger partial charge in [0.25, 0.3) is 0 Å². The fraction of sp³-hybridized carbons (Fsp3) is 0.500. The largest absolute Gasteiger partial charge is 0.471 e. The fourth-order valence-electron chi connectivity index (χ4n) is 2.81. The van der Waals surface area contributed by atoms with Crippen LogP contribution < -0.4 is 10.5 Å². The molecule has 0 aromatic carbocycles. The van der Waals surface area contributed by atoms with Gasteiger partial charge in [-0.05, 0) is 26.8 Å². The molecule has 3 heterocycles. The van der Waals surface area contributed by atoms with Crippen molar-refractivity contribution in [2.45, 2.75) is 38.8 Å². The maximum atomic E-state index is 11.7. The maximum Gasteiger partial charge on any atom is 0.246 e. The second-order valence-electron chi connectivity index (χ2n) is 6.86. The van der Waals surface area contributed by atoms with E-state index >= 15 is 0 Å². The first kappa shape index (κ1) is 16.2. The Kier molecular flexibility index (Phi) is 3.90. The number of hydrogen-bond acceptors (Lipinski definition) is 6. The Balaban J connectivity index is 1.93. The van der Waals surface area contributed by atoms with Gasteiger partial charge in [0.1, 0.15) is 23.6 Å². The zero-order valence-electron chi connectivity index (χ0n) is 14.2. The van der Waals surface area contributed by atoms with Gasteiger partial charge in [-0.1, -0.05) is 6.58 Å². The molecule has 2 aromatic heterocycles. The molecule has 0 radical (unpaired) electrons. The van der Waals surface area contributed by atoms with Crippen molar-refractivity contribution in [3.63, 3.8) is 0 Å². The Morgan fingerprint density at radius 2 is 2.21 bits per heavy atom. The van der Waals surface area contributed by atoms with Crippen molar-refractivity contribution in [3.8, 4) is 5.88 Å². The summed E-state index contributed by atoms with van der Waals surface area (Å²) in [5, 5.41) is 5.18. The third-order valence-electron chi connectivity index (χ3n) is 4.01. The van der Waals surface area contributed by atoms with Crippen molar-refractivity contribution in [1.82, 2.24) is 24.6 Å². The minimum Gasteiger partial charge on any atom is -0.471 e. The molecule has 1 amide bonds. The molecule has 0 saturated carbocycles. The zero-order chi connectivity index (χ0) is 17.5. The van der Waals surface area contributed by atoms with Gasteiger partial charge < -0.3 is 15.4 Å². The van der Waals surface area contributed by atoms with Gasteiger partial charge in [-0.3, -0.25) is 4.79 Å². The number of ether oxygens (including phenoxy) is 1. The van der Waals surface area contributed by atoms with E-state index in [0.717, 1.165) is 6.42 Å². The highest BCUT2D eigenvalue weighted by atomic mass is 16.5. The van der Waals surface area contributed by atoms with Gasteiger partial charge in [-0.2, -0.15) is 0 Å². The fourth-order valence-corrected chi connectivity index (χ4v) is 2.81. The number of hydrogen-bond donors (Lipinski definition) is 1. The minimum absolute atomic E-state index is 0.0889. The summed E-state index contributed by atoms with van der Waals surface area (Å²) in [5.41, 5.74) is 6.39. The average Bonchev–Trinajstić information content (AvgIpc) is 3.12. The predicted molar refractivity (Wildman–Crippen MR) is 90.5 cm³/mol. The van der Waals surface area contributed by atoms with E-state index in [4.69, 9.17) is 10.5 Å². The van der Waals surface area contributed by atoms with Gasteiger partial charge in [-0.25, -0.2) is 14.6 Å². The highest BCUT2D eigenvalue weighted by Gasteiger charge is 2.30. The number of nitrogens with two attached hydrogens (primary N) is 1. The number of amides is 1. The van der Waals surface area contributed by atoms with Crippen LogP contribution in [0.1, 0.15) is 27.2 Å². The normalized spacial score (nSPS) is 18.1. The molecule has 24 heavy (non-hydrogen) atoms. The molecule has 3 rings (SSSR count). The minimum atomic E-state index is -0.277. The van der Waals surface area contributed by atoms with Crippen LogP contribution >= 0.6 is 0 Å². The number of carbonyl (C=O) groups is 1. The number of anilines is 1. The molecule has 8 heteroatoms. The summed E-state index contributed by atoms with van der Waals surface area (Å²) >= 11 is 0. The third kappa shape index (κ3) is 2.79. The SMILES string of the molecule is C=CC(=O)N1CCC(Oc2nn(C(C)(C)C)c3ncnc(N)c23)C1. The average molecular weight is 330 g/mol. The van der Waals surface area contributed by atoms with E-state index in [0.29, 0.717) is 35.8 Å². The Morgan fingerprint density at radius 1 is 1.46 bits per heavy atom. The van der Waals surface area contributed by atoms with E-state index in [1.807, 2.05) is 20.8 Å². The van der Waals surface area contributed by atoms with Crippen molar-refractivity contribution in [2.24, 2.45) is 0 Å². The van der Waals surface area contributed by atoms with Gasteiger partial charge in [0.05, 0.1) is 12.1 Å². The number of aromatic nitrogens is 4. The maximum absolute atomic E-state index is 11.7. The quantitative estimate of drug-likeness (QED) is 0.852. The van der Waals surface area contributed by atoms with Gasteiger partial charge in [-0.15, -0.1) is 5.10 Å². The Bertz CT molecular complexity index is 792. The Morgan fingerprint density at radius 3 is 2.88 bits per heavy atom. The number of likely N-dealkylation sites (tertiary alicyclic amines) is 1. The van der Waals surface area contributed by atoms with Crippen LogP contribution in [0.4, 0.5) is 5.82 Å². The lowest BCUT2D eigenvalue weighted by molar-refractivity contribution is -0.125. The molecule has 0 spiro atoms. The molecule has 1 aliphatic rings. The summed E-state index contributed by atoms with van der Waals surface area (Å²) in [6.07, 6.45) is 3.33. The van der Waals surface area contributed by atoms with E-state index < -0.39 is 0 Å². The Hall–Kier alpha value is -2.64. The van der Waals surface area contributed by atoms with E-state index in [1.165, 1.54) is 12.4 Å². The van der Waals surface area contributed by atoms with Crippen molar-refractivity contribution in [1.29, 1.82) is 0 Å². The highest BCUT2D eigenvalue weighted by Crippen LogP contribution is 2.32. The highest BCUT2D eigenvalue weighted by molar-refractivity contribution is 5.91. The topological polar surface area (TPSA) is 99.2 Å². The second kappa shape index (κ2) is 5.77. The molecule has 2 aromatic rings. The first-order valence-electron chi connectivity index (χ1n) is 7.89. The van der Waals surface area contributed by atoms with E-state index in [-0.39, 0.29) is 17.6 Å². The molecule has 0 aliphatic carbocycles. The molecule has 1 fully saturated rings. The molecule has 8 nitrogen and oxygen atoms in total. The van der Waals surface area contributed by atoms with Crippen LogP contribution in [-0.4, -0.2) is 49.7 Å². The zero-order valence-corrected chi connectivity index (χ0v) is 14.2. The van der Waals surface area contributed by atoms with Crippen LogP contribution in [-0.2, 0) is 10.3 Å². The number of carbonyl (C=O) groups excluding carboxylic acids is 1. The standard InChI is InChI=1S/C16H22N6O2/c1-5-11(23)21-7-6-10(8-21)24-15-12-13(17)18-9-19-14(12)22(20-15)16(2,3)4/h5,9-10H,1,6-8H2,2-4H3,(H2,17,18,19). The third-order valence-corrected chi connectivity index (χ3v) is 4.01. The number of fused-ring (bicyclic) bond motifs is 1. The van der Waals surface area contributed by atoms with Gasteiger partial charge in [0.15, 0.2) is 5.65 Å². The second-order valence-corrected chi connectivity index (χ2v) is 6.86. The molecule has 2 N–H and O–H groups in total. The van der Waals surface area contributed by atoms with Crippen molar-refractivity contribution in [3.05, 3.63) is 19.0 Å². The lowest BCUT2D eigenvalue weighted by Gasteiger charge is -2.19. The number of nitrogens with zero attached hydrogens (tertiary/aromatic N) is 5. The van der Waals surface area contributed by atoms with Crippen molar-refractivity contribution >= 4 is 22.8 Å². The predicted octanol–water partition coefficient (Wildman–Crippen LogP) is 1.33. The lowest BCUT2D eigenvalue weighted by Crippen LogP contribution is -2.29. The summed E-state index contributed by atoms with van der Waals surface area (Å²) in [5.74, 6) is 0.660. The first-order valence-corrected chi connectivity index (χ1v) is 7.89. The summed E-state index contributed by atoms with van der Waals surface area (Å²) in [6, 6.07) is 0. The summed E-state index contributed by atoms with van der Waals surface area (Å²) in [7, 11) is 0. The molecule has 1 aliphatic heterocycles. The molecule has 1 unspecified atom stereocenters. The summed E-state index contributed by atoms with van der Waals surface area (Å²) < 4.78 is 7.84. The molecule has 1 saturated heterocycles. The molecule has 128 valence electrons. The summed E-state index contributed by atoms with van der Waals surface area (Å²) in [6.45, 7) is 10.7. The smallest absolute Gasteiger partial charge is 0.246 e. The van der Waals surface area contributed by atoms with Gasteiger partial charge in [0.2, 0.25) is 11.8 Å². The van der Waals surface area contributed by atoms with Crippen LogP contribution in [0.15, 0.2) is 19.0 Å². The molecular formula is C16H22N6O2. The lowest BCUT2D eigenvalue weighted by atomic mass is 10.1. The molecule has 0 bridgehead atoms. The van der Waals surface area contributed by atoms with E-state index in [1.54, 1.807) is 9.58 Å². The molecule has 1 atom stereocenters. The first-order chi connectivity index (χ1) is 11.3. The van der Waals surface area contributed by atoms with Crippen LogP contribution in [0.2, 0.25) is 0 Å². The van der Waals surface area contributed by atoms with E-state index in [2.05, 4.69) is 21.6 Å². The van der Waals surface area contributed by atoms with Crippen LogP contribution in [0.3, 0.4) is 0 Å². The molecular weight excluding hydrogens is 308 g/mol.